The van der Waals surface area contributed by atoms with E-state index in [2.05, 4.69) is 15.6 Å². The maximum absolute atomic E-state index is 11.7. The second-order valence-corrected chi connectivity index (χ2v) is 3.96. The smallest absolute Gasteiger partial charge is 0.269 e. The van der Waals surface area contributed by atoms with Gasteiger partial charge in [0.05, 0.1) is 12.5 Å². The number of hydrogen-bond acceptors (Lipinski definition) is 3. The maximum atomic E-state index is 11.7. The molecule has 0 spiro atoms. The van der Waals surface area contributed by atoms with Crippen molar-refractivity contribution in [1.82, 2.24) is 20.2 Å². The zero-order valence-corrected chi connectivity index (χ0v) is 8.86. The van der Waals surface area contributed by atoms with E-state index in [-0.39, 0.29) is 5.91 Å². The van der Waals surface area contributed by atoms with Gasteiger partial charge in [0.1, 0.15) is 5.69 Å². The van der Waals surface area contributed by atoms with Crippen LogP contribution in [0.2, 0.25) is 0 Å². The Morgan fingerprint density at radius 2 is 2.67 bits per heavy atom. The lowest BCUT2D eigenvalue weighted by Crippen LogP contribution is -2.31. The van der Waals surface area contributed by atoms with Crippen LogP contribution in [0.15, 0.2) is 12.5 Å². The standard InChI is InChI=1S/C10H16N4O/c1-14-7-12-6-9(14)10(15)13-5-8-2-3-11-4-8/h6-8,11H,2-5H2,1H3,(H,13,15). The molecular weight excluding hydrogens is 192 g/mol. The van der Waals surface area contributed by atoms with Crippen LogP contribution < -0.4 is 10.6 Å². The molecule has 82 valence electrons. The summed E-state index contributed by atoms with van der Waals surface area (Å²) >= 11 is 0. The summed E-state index contributed by atoms with van der Waals surface area (Å²) in [4.78, 5) is 15.6. The highest BCUT2D eigenvalue weighted by atomic mass is 16.1. The number of carbonyl (C=O) groups is 1. The van der Waals surface area contributed by atoms with Crippen LogP contribution in [0.5, 0.6) is 0 Å². The Morgan fingerprint density at radius 1 is 1.80 bits per heavy atom. The molecule has 2 N–H and O–H groups in total. The van der Waals surface area contributed by atoms with E-state index in [1.54, 1.807) is 17.1 Å². The molecular formula is C10H16N4O. The van der Waals surface area contributed by atoms with Crippen molar-refractivity contribution >= 4 is 5.91 Å². The van der Waals surface area contributed by atoms with Crippen molar-refractivity contribution in [2.45, 2.75) is 6.42 Å². The molecule has 2 rings (SSSR count). The van der Waals surface area contributed by atoms with Crippen molar-refractivity contribution < 1.29 is 4.79 Å². The number of carbonyl (C=O) groups excluding carboxylic acids is 1. The molecule has 1 unspecified atom stereocenters. The molecule has 1 aliphatic rings. The van der Waals surface area contributed by atoms with Crippen molar-refractivity contribution in [3.8, 4) is 0 Å². The van der Waals surface area contributed by atoms with Crippen LogP contribution in [0.3, 0.4) is 0 Å². The third-order valence-corrected chi connectivity index (χ3v) is 2.76. The number of aromatic nitrogens is 2. The SMILES string of the molecule is Cn1cncc1C(=O)NCC1CCNC1. The summed E-state index contributed by atoms with van der Waals surface area (Å²) in [7, 11) is 1.82. The molecule has 0 aliphatic carbocycles. The third-order valence-electron chi connectivity index (χ3n) is 2.76. The van der Waals surface area contributed by atoms with E-state index in [9.17, 15) is 4.79 Å². The number of amides is 1. The minimum absolute atomic E-state index is 0.0399. The summed E-state index contributed by atoms with van der Waals surface area (Å²) in [6.07, 6.45) is 4.36. The van der Waals surface area contributed by atoms with Gasteiger partial charge in [-0.05, 0) is 25.4 Å². The Balaban J connectivity index is 1.84. The Bertz CT molecular complexity index is 341. The van der Waals surface area contributed by atoms with Gasteiger partial charge in [-0.1, -0.05) is 0 Å². The van der Waals surface area contributed by atoms with Crippen molar-refractivity contribution in [2.24, 2.45) is 13.0 Å². The van der Waals surface area contributed by atoms with Crippen LogP contribution in [0.1, 0.15) is 16.9 Å². The largest absolute Gasteiger partial charge is 0.350 e. The summed E-state index contributed by atoms with van der Waals surface area (Å²) in [5, 5.41) is 6.20. The minimum Gasteiger partial charge on any atom is -0.350 e. The lowest BCUT2D eigenvalue weighted by Gasteiger charge is -2.09. The Kier molecular flexibility index (Phi) is 3.01. The summed E-state index contributed by atoms with van der Waals surface area (Å²) in [5.74, 6) is 0.532. The van der Waals surface area contributed by atoms with Crippen LogP contribution in [-0.4, -0.2) is 35.1 Å². The van der Waals surface area contributed by atoms with Gasteiger partial charge in [-0.3, -0.25) is 4.79 Å². The molecule has 0 bridgehead atoms. The zero-order valence-electron chi connectivity index (χ0n) is 8.86. The van der Waals surface area contributed by atoms with E-state index in [0.29, 0.717) is 11.6 Å². The van der Waals surface area contributed by atoms with Gasteiger partial charge in [0, 0.05) is 13.6 Å². The van der Waals surface area contributed by atoms with Crippen molar-refractivity contribution in [3.63, 3.8) is 0 Å². The van der Waals surface area contributed by atoms with Gasteiger partial charge in [-0.2, -0.15) is 0 Å². The molecule has 1 aromatic rings. The molecule has 5 nitrogen and oxygen atoms in total. The van der Waals surface area contributed by atoms with E-state index in [0.717, 1.165) is 26.1 Å². The fourth-order valence-corrected chi connectivity index (χ4v) is 1.79. The average molecular weight is 208 g/mol. The summed E-state index contributed by atoms with van der Waals surface area (Å²) in [5.41, 5.74) is 0.612. The Morgan fingerprint density at radius 3 is 3.27 bits per heavy atom. The summed E-state index contributed by atoms with van der Waals surface area (Å²) in [6.45, 7) is 2.81. The molecule has 1 saturated heterocycles. The summed E-state index contributed by atoms with van der Waals surface area (Å²) < 4.78 is 1.72. The predicted molar refractivity (Wildman–Crippen MR) is 56.5 cm³/mol. The first kappa shape index (κ1) is 10.2. The second kappa shape index (κ2) is 4.44. The van der Waals surface area contributed by atoms with E-state index in [1.807, 2.05) is 7.05 Å². The lowest BCUT2D eigenvalue weighted by atomic mass is 10.1. The second-order valence-electron chi connectivity index (χ2n) is 3.96. The molecule has 1 atom stereocenters. The van der Waals surface area contributed by atoms with Crippen molar-refractivity contribution in [3.05, 3.63) is 18.2 Å². The minimum atomic E-state index is -0.0399. The Hall–Kier alpha value is -1.36. The van der Waals surface area contributed by atoms with Crippen LogP contribution in [-0.2, 0) is 7.05 Å². The van der Waals surface area contributed by atoms with Crippen molar-refractivity contribution in [2.75, 3.05) is 19.6 Å². The predicted octanol–water partition coefficient (Wildman–Crippen LogP) is -0.241. The zero-order chi connectivity index (χ0) is 10.7. The molecule has 1 fully saturated rings. The first-order valence-corrected chi connectivity index (χ1v) is 5.22. The number of aryl methyl sites for hydroxylation is 1. The highest BCUT2D eigenvalue weighted by Crippen LogP contribution is 2.05. The van der Waals surface area contributed by atoms with E-state index < -0.39 is 0 Å². The highest BCUT2D eigenvalue weighted by Gasteiger charge is 2.16. The van der Waals surface area contributed by atoms with Gasteiger partial charge in [0.15, 0.2) is 0 Å². The van der Waals surface area contributed by atoms with Gasteiger partial charge < -0.3 is 15.2 Å². The molecule has 15 heavy (non-hydrogen) atoms. The first-order valence-electron chi connectivity index (χ1n) is 5.22. The van der Waals surface area contributed by atoms with E-state index >= 15 is 0 Å². The number of nitrogens with zero attached hydrogens (tertiary/aromatic N) is 2. The Labute approximate surface area is 88.9 Å². The molecule has 0 saturated carbocycles. The molecule has 0 radical (unpaired) electrons. The van der Waals surface area contributed by atoms with Crippen molar-refractivity contribution in [1.29, 1.82) is 0 Å². The molecule has 5 heteroatoms. The quantitative estimate of drug-likeness (QED) is 0.720. The van der Waals surface area contributed by atoms with Crippen LogP contribution in [0.4, 0.5) is 0 Å². The fraction of sp³-hybridized carbons (Fsp3) is 0.600. The summed E-state index contributed by atoms with van der Waals surface area (Å²) in [6, 6.07) is 0. The monoisotopic (exact) mass is 208 g/mol. The van der Waals surface area contributed by atoms with Gasteiger partial charge in [-0.15, -0.1) is 0 Å². The number of hydrogen-bond donors (Lipinski definition) is 2. The number of nitrogens with one attached hydrogen (secondary N) is 2. The third kappa shape index (κ3) is 2.36. The first-order chi connectivity index (χ1) is 7.27. The molecule has 1 aromatic heterocycles. The van der Waals surface area contributed by atoms with Gasteiger partial charge in [0.2, 0.25) is 0 Å². The molecule has 1 aliphatic heterocycles. The number of imidazole rings is 1. The lowest BCUT2D eigenvalue weighted by molar-refractivity contribution is 0.0940. The number of rotatable bonds is 3. The topological polar surface area (TPSA) is 59.0 Å². The maximum Gasteiger partial charge on any atom is 0.269 e. The van der Waals surface area contributed by atoms with Crippen LogP contribution in [0.25, 0.3) is 0 Å². The van der Waals surface area contributed by atoms with Gasteiger partial charge in [0.25, 0.3) is 5.91 Å². The van der Waals surface area contributed by atoms with E-state index in [4.69, 9.17) is 0 Å². The van der Waals surface area contributed by atoms with Gasteiger partial charge in [-0.25, -0.2) is 4.98 Å². The van der Waals surface area contributed by atoms with Crippen LogP contribution >= 0.6 is 0 Å². The average Bonchev–Trinajstić information content (AvgIpc) is 2.84. The normalized spacial score (nSPS) is 20.5. The molecule has 1 amide bonds. The fourth-order valence-electron chi connectivity index (χ4n) is 1.79. The molecule has 2 heterocycles. The van der Waals surface area contributed by atoms with E-state index in [1.165, 1.54) is 0 Å². The van der Waals surface area contributed by atoms with Gasteiger partial charge >= 0.3 is 0 Å². The highest BCUT2D eigenvalue weighted by molar-refractivity contribution is 5.92. The molecule has 0 aromatic carbocycles. The van der Waals surface area contributed by atoms with Crippen LogP contribution in [0, 0.1) is 5.92 Å².